The number of halogens is 1. The third-order valence-corrected chi connectivity index (χ3v) is 5.41. The standard InChI is InChI=1S/C11H18ClN3O4S/c1-4-11(5-2,10(16)17)7-14-20(18,19)9-8(12)6-13-15(9)3/h6,14H,4-5,7H2,1-3H3,(H,16,17). The lowest BCUT2D eigenvalue weighted by molar-refractivity contribution is -0.149. The van der Waals surface area contributed by atoms with Crippen LogP contribution in [0.1, 0.15) is 26.7 Å². The Hall–Kier alpha value is -1.12. The molecule has 0 bridgehead atoms. The molecule has 0 aliphatic heterocycles. The van der Waals surface area contributed by atoms with Crippen molar-refractivity contribution in [1.82, 2.24) is 14.5 Å². The summed E-state index contributed by atoms with van der Waals surface area (Å²) in [4.78, 5) is 11.3. The Morgan fingerprint density at radius 1 is 1.50 bits per heavy atom. The molecule has 9 heteroatoms. The van der Waals surface area contributed by atoms with Crippen LogP contribution in [0.4, 0.5) is 0 Å². The molecule has 0 unspecified atom stereocenters. The number of hydrogen-bond donors (Lipinski definition) is 2. The molecule has 7 nitrogen and oxygen atoms in total. The van der Waals surface area contributed by atoms with E-state index in [1.165, 1.54) is 13.2 Å². The molecule has 1 rings (SSSR count). The van der Waals surface area contributed by atoms with Crippen molar-refractivity contribution in [2.24, 2.45) is 12.5 Å². The van der Waals surface area contributed by atoms with Crippen LogP contribution in [0.15, 0.2) is 11.2 Å². The van der Waals surface area contributed by atoms with Gasteiger partial charge in [-0.05, 0) is 12.8 Å². The molecule has 0 aromatic carbocycles. The molecule has 1 aromatic rings. The normalized spacial score (nSPS) is 12.6. The number of aryl methyl sites for hydroxylation is 1. The van der Waals surface area contributed by atoms with Gasteiger partial charge in [0, 0.05) is 13.6 Å². The Kier molecular flexibility index (Phi) is 5.17. The highest BCUT2D eigenvalue weighted by Gasteiger charge is 2.37. The molecule has 114 valence electrons. The molecule has 1 aromatic heterocycles. The summed E-state index contributed by atoms with van der Waals surface area (Å²) in [5, 5.41) is 12.9. The summed E-state index contributed by atoms with van der Waals surface area (Å²) in [5.74, 6) is -1.03. The molecule has 0 radical (unpaired) electrons. The van der Waals surface area contributed by atoms with E-state index in [9.17, 15) is 18.3 Å². The van der Waals surface area contributed by atoms with Crippen molar-refractivity contribution in [3.63, 3.8) is 0 Å². The minimum Gasteiger partial charge on any atom is -0.481 e. The number of sulfonamides is 1. The fourth-order valence-corrected chi connectivity index (χ4v) is 3.66. The number of carboxylic acid groups (broad SMARTS) is 1. The Bertz CT molecular complexity index is 573. The van der Waals surface area contributed by atoms with E-state index in [-0.39, 0.29) is 16.6 Å². The number of hydrogen-bond acceptors (Lipinski definition) is 4. The Labute approximate surface area is 123 Å². The SMILES string of the molecule is CCC(CC)(CNS(=O)(=O)c1c(Cl)cnn1C)C(=O)O. The van der Waals surface area contributed by atoms with E-state index in [4.69, 9.17) is 11.6 Å². The van der Waals surface area contributed by atoms with Gasteiger partial charge in [-0.2, -0.15) is 5.10 Å². The first-order valence-corrected chi connectivity index (χ1v) is 7.97. The first-order valence-electron chi connectivity index (χ1n) is 6.10. The average molecular weight is 324 g/mol. The maximum atomic E-state index is 12.2. The van der Waals surface area contributed by atoms with Crippen molar-refractivity contribution >= 4 is 27.6 Å². The number of aromatic nitrogens is 2. The predicted octanol–water partition coefficient (Wildman–Crippen LogP) is 1.24. The molecule has 0 saturated carbocycles. The van der Waals surface area contributed by atoms with Crippen molar-refractivity contribution < 1.29 is 18.3 Å². The second-order valence-electron chi connectivity index (χ2n) is 4.54. The van der Waals surface area contributed by atoms with E-state index < -0.39 is 21.4 Å². The van der Waals surface area contributed by atoms with Crippen LogP contribution in [0, 0.1) is 5.41 Å². The summed E-state index contributed by atoms with van der Waals surface area (Å²) in [6.07, 6.45) is 1.86. The number of carboxylic acids is 1. The zero-order chi connectivity index (χ0) is 15.6. The lowest BCUT2D eigenvalue weighted by atomic mass is 9.83. The Morgan fingerprint density at radius 3 is 2.40 bits per heavy atom. The number of rotatable bonds is 7. The van der Waals surface area contributed by atoms with Gasteiger partial charge in [0.1, 0.15) is 0 Å². The Balaban J connectivity index is 3.02. The number of nitrogens with one attached hydrogen (secondary N) is 1. The van der Waals surface area contributed by atoms with Crippen LogP contribution < -0.4 is 4.72 Å². The minimum absolute atomic E-state index is 0.00563. The molecule has 0 aliphatic carbocycles. The number of nitrogens with zero attached hydrogens (tertiary/aromatic N) is 2. The average Bonchev–Trinajstić information content (AvgIpc) is 2.71. The molecule has 2 N–H and O–H groups in total. The van der Waals surface area contributed by atoms with Gasteiger partial charge in [0.05, 0.1) is 16.6 Å². The highest BCUT2D eigenvalue weighted by atomic mass is 35.5. The van der Waals surface area contributed by atoms with Crippen LogP contribution in [0.5, 0.6) is 0 Å². The largest absolute Gasteiger partial charge is 0.481 e. The molecular weight excluding hydrogens is 306 g/mol. The molecule has 0 fully saturated rings. The topological polar surface area (TPSA) is 101 Å². The zero-order valence-corrected chi connectivity index (χ0v) is 13.1. The second kappa shape index (κ2) is 6.11. The first kappa shape index (κ1) is 16.9. The molecule has 0 spiro atoms. The molecular formula is C11H18ClN3O4S. The first-order chi connectivity index (χ1) is 9.20. The summed E-state index contributed by atoms with van der Waals surface area (Å²) >= 11 is 5.79. The van der Waals surface area contributed by atoms with Gasteiger partial charge in [0.15, 0.2) is 5.03 Å². The summed E-state index contributed by atoms with van der Waals surface area (Å²) in [5.41, 5.74) is -1.13. The van der Waals surface area contributed by atoms with Crippen LogP contribution in [0.3, 0.4) is 0 Å². The Morgan fingerprint density at radius 2 is 2.05 bits per heavy atom. The highest BCUT2D eigenvalue weighted by molar-refractivity contribution is 7.89. The minimum atomic E-state index is -3.91. The highest BCUT2D eigenvalue weighted by Crippen LogP contribution is 2.27. The number of carbonyl (C=O) groups is 1. The van der Waals surface area contributed by atoms with Crippen molar-refractivity contribution in [3.05, 3.63) is 11.2 Å². The maximum absolute atomic E-state index is 12.2. The van der Waals surface area contributed by atoms with E-state index in [1.807, 2.05) is 0 Å². The van der Waals surface area contributed by atoms with Gasteiger partial charge in [0.2, 0.25) is 0 Å². The van der Waals surface area contributed by atoms with Crippen molar-refractivity contribution in [2.75, 3.05) is 6.54 Å². The third-order valence-electron chi connectivity index (χ3n) is 3.50. The van der Waals surface area contributed by atoms with Crippen molar-refractivity contribution in [2.45, 2.75) is 31.7 Å². The van der Waals surface area contributed by atoms with Crippen molar-refractivity contribution in [3.8, 4) is 0 Å². The van der Waals surface area contributed by atoms with Crippen LogP contribution in [-0.2, 0) is 21.9 Å². The predicted molar refractivity (Wildman–Crippen MR) is 74.1 cm³/mol. The van der Waals surface area contributed by atoms with E-state index in [2.05, 4.69) is 9.82 Å². The van der Waals surface area contributed by atoms with E-state index >= 15 is 0 Å². The summed E-state index contributed by atoms with van der Waals surface area (Å²) in [6.45, 7) is 3.23. The van der Waals surface area contributed by atoms with Crippen LogP contribution in [0.25, 0.3) is 0 Å². The molecule has 20 heavy (non-hydrogen) atoms. The molecule has 0 saturated heterocycles. The van der Waals surface area contributed by atoms with Crippen LogP contribution in [0.2, 0.25) is 5.02 Å². The quantitative estimate of drug-likeness (QED) is 0.786. The second-order valence-corrected chi connectivity index (χ2v) is 6.63. The van der Waals surface area contributed by atoms with Crippen molar-refractivity contribution in [1.29, 1.82) is 0 Å². The van der Waals surface area contributed by atoms with E-state index in [1.54, 1.807) is 13.8 Å². The van der Waals surface area contributed by atoms with Crippen LogP contribution >= 0.6 is 11.6 Å². The van der Waals surface area contributed by atoms with Gasteiger partial charge >= 0.3 is 5.97 Å². The molecule has 0 atom stereocenters. The lowest BCUT2D eigenvalue weighted by Crippen LogP contribution is -2.42. The fourth-order valence-electron chi connectivity index (χ4n) is 1.88. The van der Waals surface area contributed by atoms with Gasteiger partial charge < -0.3 is 5.11 Å². The van der Waals surface area contributed by atoms with Gasteiger partial charge in [-0.15, -0.1) is 0 Å². The lowest BCUT2D eigenvalue weighted by Gasteiger charge is -2.26. The monoisotopic (exact) mass is 323 g/mol. The maximum Gasteiger partial charge on any atom is 0.310 e. The number of aliphatic carboxylic acids is 1. The molecule has 0 aliphatic rings. The van der Waals surface area contributed by atoms with Gasteiger partial charge in [-0.25, -0.2) is 13.1 Å². The zero-order valence-electron chi connectivity index (χ0n) is 11.6. The molecule has 0 amide bonds. The summed E-state index contributed by atoms with van der Waals surface area (Å²) in [7, 11) is -2.46. The smallest absolute Gasteiger partial charge is 0.310 e. The third kappa shape index (κ3) is 3.13. The van der Waals surface area contributed by atoms with Crippen LogP contribution in [-0.4, -0.2) is 35.8 Å². The summed E-state index contributed by atoms with van der Waals surface area (Å²) < 4.78 is 27.8. The van der Waals surface area contributed by atoms with E-state index in [0.29, 0.717) is 12.8 Å². The van der Waals surface area contributed by atoms with E-state index in [0.717, 1.165) is 4.68 Å². The van der Waals surface area contributed by atoms with Gasteiger partial charge in [-0.1, -0.05) is 25.4 Å². The van der Waals surface area contributed by atoms with Gasteiger partial charge in [0.25, 0.3) is 10.0 Å². The summed E-state index contributed by atoms with van der Waals surface area (Å²) in [6, 6.07) is 0. The van der Waals surface area contributed by atoms with Gasteiger partial charge in [-0.3, -0.25) is 9.48 Å². The molecule has 1 heterocycles. The fraction of sp³-hybridized carbons (Fsp3) is 0.636.